The van der Waals surface area contributed by atoms with Crippen LogP contribution in [-0.4, -0.2) is 20.3 Å². The highest BCUT2D eigenvalue weighted by Gasteiger charge is 2.13. The zero-order valence-electron chi connectivity index (χ0n) is 10.9. The summed E-state index contributed by atoms with van der Waals surface area (Å²) in [5, 5.41) is 3.39. The van der Waals surface area contributed by atoms with Crippen LogP contribution in [0.3, 0.4) is 0 Å². The Morgan fingerprint density at radius 1 is 1.35 bits per heavy atom. The Labute approximate surface area is 103 Å². The summed E-state index contributed by atoms with van der Waals surface area (Å²) in [7, 11) is 1.70. The second-order valence-electron chi connectivity index (χ2n) is 4.45. The summed E-state index contributed by atoms with van der Waals surface area (Å²) in [6, 6.07) is 7.03. The van der Waals surface area contributed by atoms with Gasteiger partial charge in [-0.2, -0.15) is 0 Å². The molecule has 2 atom stereocenters. The summed E-state index contributed by atoms with van der Waals surface area (Å²) in [6.07, 6.45) is 0.876. The molecule has 0 fully saturated rings. The van der Waals surface area contributed by atoms with Crippen molar-refractivity contribution in [1.29, 1.82) is 0 Å². The van der Waals surface area contributed by atoms with Gasteiger partial charge in [-0.1, -0.05) is 32.0 Å². The molecule has 1 aromatic rings. The molecule has 3 heteroatoms. The van der Waals surface area contributed by atoms with E-state index in [1.54, 1.807) is 13.2 Å². The van der Waals surface area contributed by atoms with Gasteiger partial charge in [0.2, 0.25) is 0 Å². The Morgan fingerprint density at radius 2 is 2.06 bits per heavy atom. The van der Waals surface area contributed by atoms with Gasteiger partial charge in [-0.25, -0.2) is 4.39 Å². The van der Waals surface area contributed by atoms with E-state index < -0.39 is 0 Å². The predicted molar refractivity (Wildman–Crippen MR) is 68.5 cm³/mol. The van der Waals surface area contributed by atoms with Crippen molar-refractivity contribution in [3.05, 3.63) is 35.6 Å². The number of benzene rings is 1. The van der Waals surface area contributed by atoms with E-state index in [4.69, 9.17) is 4.74 Å². The first kappa shape index (κ1) is 14.1. The van der Waals surface area contributed by atoms with Crippen LogP contribution in [0.4, 0.5) is 4.39 Å². The molecule has 0 saturated carbocycles. The van der Waals surface area contributed by atoms with Crippen LogP contribution in [0.1, 0.15) is 31.9 Å². The topological polar surface area (TPSA) is 21.3 Å². The molecule has 0 heterocycles. The maximum Gasteiger partial charge on any atom is 0.127 e. The minimum absolute atomic E-state index is 0.0792. The Kier molecular flexibility index (Phi) is 6.16. The number of methoxy groups -OCH3 is 1. The quantitative estimate of drug-likeness (QED) is 0.789. The van der Waals surface area contributed by atoms with Gasteiger partial charge in [0, 0.05) is 31.9 Å². The first-order chi connectivity index (χ1) is 8.19. The molecular weight excluding hydrogens is 217 g/mol. The Bertz CT molecular complexity index is 330. The molecule has 1 aromatic carbocycles. The van der Waals surface area contributed by atoms with Gasteiger partial charge in [-0.3, -0.25) is 0 Å². The van der Waals surface area contributed by atoms with Crippen molar-refractivity contribution in [2.75, 3.05) is 20.3 Å². The third kappa shape index (κ3) is 4.44. The van der Waals surface area contributed by atoms with Gasteiger partial charge in [-0.05, 0) is 18.4 Å². The van der Waals surface area contributed by atoms with Crippen molar-refractivity contribution in [1.82, 2.24) is 5.32 Å². The molecular formula is C14H22FNO. The fourth-order valence-electron chi connectivity index (χ4n) is 1.92. The van der Waals surface area contributed by atoms with Crippen LogP contribution >= 0.6 is 0 Å². The van der Waals surface area contributed by atoms with Crippen LogP contribution in [0, 0.1) is 11.7 Å². The van der Waals surface area contributed by atoms with Crippen molar-refractivity contribution >= 4 is 0 Å². The van der Waals surface area contributed by atoms with Crippen LogP contribution < -0.4 is 5.32 Å². The average Bonchev–Trinajstić information content (AvgIpc) is 2.32. The predicted octanol–water partition coefficient (Wildman–Crippen LogP) is 3.15. The minimum atomic E-state index is -0.133. The van der Waals surface area contributed by atoms with Gasteiger partial charge in [-0.15, -0.1) is 0 Å². The Balaban J connectivity index is 2.57. The van der Waals surface area contributed by atoms with Gasteiger partial charge >= 0.3 is 0 Å². The lowest BCUT2D eigenvalue weighted by atomic mass is 10.0. The highest BCUT2D eigenvalue weighted by atomic mass is 19.1. The summed E-state index contributed by atoms with van der Waals surface area (Å²) in [6.45, 7) is 5.73. The largest absolute Gasteiger partial charge is 0.384 e. The number of nitrogens with one attached hydrogen (secondary N) is 1. The molecule has 0 spiro atoms. The van der Waals surface area contributed by atoms with Gasteiger partial charge < -0.3 is 10.1 Å². The normalized spacial score (nSPS) is 14.6. The van der Waals surface area contributed by atoms with Crippen LogP contribution in [-0.2, 0) is 4.74 Å². The number of halogens is 1. The van der Waals surface area contributed by atoms with E-state index in [0.717, 1.165) is 25.1 Å². The zero-order chi connectivity index (χ0) is 12.7. The number of rotatable bonds is 7. The van der Waals surface area contributed by atoms with Crippen LogP contribution in [0.2, 0.25) is 0 Å². The summed E-state index contributed by atoms with van der Waals surface area (Å²) >= 11 is 0. The molecule has 0 radical (unpaired) electrons. The molecule has 0 bridgehead atoms. The SMILES string of the molecule is CCC(NCC(C)COC)c1ccccc1F. The summed E-state index contributed by atoms with van der Waals surface area (Å²) in [4.78, 5) is 0. The van der Waals surface area contributed by atoms with Crippen molar-refractivity contribution in [3.8, 4) is 0 Å². The van der Waals surface area contributed by atoms with Gasteiger partial charge in [0.25, 0.3) is 0 Å². The second-order valence-corrected chi connectivity index (χ2v) is 4.45. The number of ether oxygens (including phenoxy) is 1. The summed E-state index contributed by atoms with van der Waals surface area (Å²) < 4.78 is 18.7. The van der Waals surface area contributed by atoms with E-state index in [0.29, 0.717) is 5.92 Å². The van der Waals surface area contributed by atoms with Crippen molar-refractivity contribution in [2.24, 2.45) is 5.92 Å². The maximum atomic E-state index is 13.6. The zero-order valence-corrected chi connectivity index (χ0v) is 10.9. The van der Waals surface area contributed by atoms with Gasteiger partial charge in [0.15, 0.2) is 0 Å². The van der Waals surface area contributed by atoms with Crippen molar-refractivity contribution in [2.45, 2.75) is 26.3 Å². The fourth-order valence-corrected chi connectivity index (χ4v) is 1.92. The molecule has 17 heavy (non-hydrogen) atoms. The van der Waals surface area contributed by atoms with Crippen molar-refractivity contribution in [3.63, 3.8) is 0 Å². The lowest BCUT2D eigenvalue weighted by Crippen LogP contribution is -2.28. The van der Waals surface area contributed by atoms with Crippen LogP contribution in [0.25, 0.3) is 0 Å². The molecule has 0 aromatic heterocycles. The Morgan fingerprint density at radius 3 is 2.65 bits per heavy atom. The standard InChI is InChI=1S/C14H22FNO/c1-4-14(16-9-11(2)10-17-3)12-7-5-6-8-13(12)15/h5-8,11,14,16H,4,9-10H2,1-3H3. The molecule has 1 rings (SSSR count). The molecule has 2 unspecified atom stereocenters. The van der Waals surface area contributed by atoms with E-state index in [1.165, 1.54) is 6.07 Å². The third-order valence-electron chi connectivity index (χ3n) is 2.85. The highest BCUT2D eigenvalue weighted by Crippen LogP contribution is 2.19. The minimum Gasteiger partial charge on any atom is -0.384 e. The molecule has 2 nitrogen and oxygen atoms in total. The highest BCUT2D eigenvalue weighted by molar-refractivity contribution is 5.21. The first-order valence-corrected chi connectivity index (χ1v) is 6.15. The van der Waals surface area contributed by atoms with Crippen molar-refractivity contribution < 1.29 is 9.13 Å². The average molecular weight is 239 g/mol. The van der Waals surface area contributed by atoms with E-state index in [1.807, 2.05) is 12.1 Å². The van der Waals surface area contributed by atoms with E-state index in [9.17, 15) is 4.39 Å². The van der Waals surface area contributed by atoms with E-state index in [-0.39, 0.29) is 11.9 Å². The molecule has 0 aliphatic carbocycles. The first-order valence-electron chi connectivity index (χ1n) is 6.15. The monoisotopic (exact) mass is 239 g/mol. The Hall–Kier alpha value is -0.930. The molecule has 96 valence electrons. The lowest BCUT2D eigenvalue weighted by molar-refractivity contribution is 0.156. The van der Waals surface area contributed by atoms with Gasteiger partial charge in [0.05, 0.1) is 0 Å². The van der Waals surface area contributed by atoms with Crippen LogP contribution in [0.5, 0.6) is 0 Å². The molecule has 0 aliphatic heterocycles. The number of hydrogen-bond acceptors (Lipinski definition) is 2. The smallest absolute Gasteiger partial charge is 0.127 e. The van der Waals surface area contributed by atoms with Crippen LogP contribution in [0.15, 0.2) is 24.3 Å². The molecule has 0 amide bonds. The van der Waals surface area contributed by atoms with E-state index in [2.05, 4.69) is 19.2 Å². The van der Waals surface area contributed by atoms with E-state index >= 15 is 0 Å². The molecule has 0 saturated heterocycles. The molecule has 1 N–H and O–H groups in total. The second kappa shape index (κ2) is 7.41. The summed E-state index contributed by atoms with van der Waals surface area (Å²) in [5.74, 6) is 0.298. The third-order valence-corrected chi connectivity index (χ3v) is 2.85. The molecule has 0 aliphatic rings. The lowest BCUT2D eigenvalue weighted by Gasteiger charge is -2.20. The summed E-state index contributed by atoms with van der Waals surface area (Å²) in [5.41, 5.74) is 0.750. The maximum absolute atomic E-state index is 13.6. The fraction of sp³-hybridized carbons (Fsp3) is 0.571. The number of hydrogen-bond donors (Lipinski definition) is 1. The van der Waals surface area contributed by atoms with Gasteiger partial charge in [0.1, 0.15) is 5.82 Å².